The molecule has 0 unspecified atom stereocenters. The number of Topliss-reactive ketones (excluding diaryl/α,β-unsaturated/α-hetero) is 1. The normalized spacial score (nSPS) is 32.2. The number of hydrogen-bond donors (Lipinski definition) is 1. The largest absolute Gasteiger partial charge is 0.388 e. The average molecular weight is 140 g/mol. The monoisotopic (exact) mass is 140 g/mol. The predicted octanol–water partition coefficient (Wildman–Crippen LogP) is 0.902. The van der Waals surface area contributed by atoms with E-state index in [1.54, 1.807) is 6.08 Å². The lowest BCUT2D eigenvalue weighted by molar-refractivity contribution is -0.123. The van der Waals surface area contributed by atoms with Crippen molar-refractivity contribution in [2.24, 2.45) is 5.92 Å². The molecular weight excluding hydrogens is 128 g/mol. The van der Waals surface area contributed by atoms with Gasteiger partial charge in [-0.05, 0) is 19.8 Å². The highest BCUT2D eigenvalue weighted by Gasteiger charge is 2.22. The van der Waals surface area contributed by atoms with Gasteiger partial charge in [-0.25, -0.2) is 0 Å². The van der Waals surface area contributed by atoms with Gasteiger partial charge in [0.1, 0.15) is 5.78 Å². The van der Waals surface area contributed by atoms with Gasteiger partial charge in [0.15, 0.2) is 0 Å². The van der Waals surface area contributed by atoms with Crippen LogP contribution in [-0.4, -0.2) is 17.0 Å². The maximum absolute atomic E-state index is 10.8. The molecule has 0 saturated heterocycles. The summed E-state index contributed by atoms with van der Waals surface area (Å²) in [5.74, 6) is -0.0538. The first-order chi connectivity index (χ1) is 4.72. The first-order valence-electron chi connectivity index (χ1n) is 3.57. The zero-order chi connectivity index (χ0) is 7.56. The molecule has 0 aliphatic heterocycles. The Hall–Kier alpha value is -0.630. The number of carbonyl (C=O) groups is 1. The van der Waals surface area contributed by atoms with Crippen LogP contribution in [0.1, 0.15) is 19.8 Å². The van der Waals surface area contributed by atoms with Gasteiger partial charge in [0.2, 0.25) is 0 Å². The van der Waals surface area contributed by atoms with Gasteiger partial charge in [-0.2, -0.15) is 0 Å². The van der Waals surface area contributed by atoms with Crippen LogP contribution < -0.4 is 0 Å². The van der Waals surface area contributed by atoms with Crippen LogP contribution in [0.15, 0.2) is 12.2 Å². The second kappa shape index (κ2) is 2.97. The summed E-state index contributed by atoms with van der Waals surface area (Å²) in [6, 6.07) is 0. The standard InChI is InChI=1S/C8H12O2/c1-6(9)7-4-2-3-5-8(7)10/h3,5,7-8,10H,2,4H2,1H3/t7-,8+/m0/s1. The Bertz CT molecular complexity index is 161. The third kappa shape index (κ3) is 1.45. The lowest BCUT2D eigenvalue weighted by Gasteiger charge is -2.20. The van der Waals surface area contributed by atoms with Crippen molar-refractivity contribution in [3.8, 4) is 0 Å². The molecule has 0 saturated carbocycles. The Morgan fingerprint density at radius 1 is 1.70 bits per heavy atom. The minimum absolute atomic E-state index is 0.0943. The molecule has 0 fully saturated rings. The SMILES string of the molecule is CC(=O)[C@@H]1CCC=C[C@H]1O. The summed E-state index contributed by atoms with van der Waals surface area (Å²) in [6.45, 7) is 1.53. The van der Waals surface area contributed by atoms with Gasteiger partial charge in [-0.3, -0.25) is 4.79 Å². The summed E-state index contributed by atoms with van der Waals surface area (Å²) in [7, 11) is 0. The maximum atomic E-state index is 10.8. The molecule has 0 bridgehead atoms. The van der Waals surface area contributed by atoms with E-state index in [2.05, 4.69) is 0 Å². The van der Waals surface area contributed by atoms with Crippen molar-refractivity contribution in [1.82, 2.24) is 0 Å². The number of ketones is 1. The van der Waals surface area contributed by atoms with Crippen LogP contribution in [0.25, 0.3) is 0 Å². The molecule has 1 N–H and O–H groups in total. The Morgan fingerprint density at radius 2 is 2.40 bits per heavy atom. The third-order valence-electron chi connectivity index (χ3n) is 1.91. The fourth-order valence-corrected chi connectivity index (χ4v) is 1.26. The van der Waals surface area contributed by atoms with Crippen LogP contribution in [0.5, 0.6) is 0 Å². The molecule has 1 rings (SSSR count). The highest BCUT2D eigenvalue weighted by Crippen LogP contribution is 2.19. The van der Waals surface area contributed by atoms with Crippen LogP contribution in [0, 0.1) is 5.92 Å². The number of rotatable bonds is 1. The van der Waals surface area contributed by atoms with E-state index in [4.69, 9.17) is 0 Å². The van der Waals surface area contributed by atoms with E-state index >= 15 is 0 Å². The molecule has 0 radical (unpaired) electrons. The zero-order valence-corrected chi connectivity index (χ0v) is 6.08. The molecule has 0 aromatic rings. The summed E-state index contributed by atoms with van der Waals surface area (Å²) < 4.78 is 0. The van der Waals surface area contributed by atoms with E-state index in [9.17, 15) is 9.90 Å². The Kier molecular flexibility index (Phi) is 2.22. The van der Waals surface area contributed by atoms with E-state index in [1.165, 1.54) is 6.92 Å². The van der Waals surface area contributed by atoms with Gasteiger partial charge in [0, 0.05) is 5.92 Å². The van der Waals surface area contributed by atoms with Crippen molar-refractivity contribution in [3.63, 3.8) is 0 Å². The van der Waals surface area contributed by atoms with Gasteiger partial charge in [-0.1, -0.05) is 12.2 Å². The van der Waals surface area contributed by atoms with E-state index in [0.717, 1.165) is 12.8 Å². The molecule has 2 atom stereocenters. The smallest absolute Gasteiger partial charge is 0.135 e. The molecule has 56 valence electrons. The summed E-state index contributed by atoms with van der Waals surface area (Å²) >= 11 is 0. The quantitative estimate of drug-likeness (QED) is 0.549. The number of aliphatic hydroxyl groups is 1. The maximum Gasteiger partial charge on any atom is 0.135 e. The van der Waals surface area contributed by atoms with Crippen LogP contribution in [-0.2, 0) is 4.79 Å². The minimum Gasteiger partial charge on any atom is -0.388 e. The predicted molar refractivity (Wildman–Crippen MR) is 38.6 cm³/mol. The topological polar surface area (TPSA) is 37.3 Å². The molecule has 0 spiro atoms. The Balaban J connectivity index is 2.60. The van der Waals surface area contributed by atoms with Crippen LogP contribution in [0.3, 0.4) is 0 Å². The van der Waals surface area contributed by atoms with Crippen molar-refractivity contribution in [2.75, 3.05) is 0 Å². The Labute approximate surface area is 60.6 Å². The van der Waals surface area contributed by atoms with E-state index in [0.29, 0.717) is 0 Å². The molecule has 2 heteroatoms. The van der Waals surface area contributed by atoms with Crippen LogP contribution >= 0.6 is 0 Å². The lowest BCUT2D eigenvalue weighted by atomic mass is 9.89. The minimum atomic E-state index is -0.536. The fraction of sp³-hybridized carbons (Fsp3) is 0.625. The van der Waals surface area contributed by atoms with Crippen molar-refractivity contribution in [2.45, 2.75) is 25.9 Å². The highest BCUT2D eigenvalue weighted by atomic mass is 16.3. The van der Waals surface area contributed by atoms with Gasteiger partial charge < -0.3 is 5.11 Å². The molecule has 1 aliphatic carbocycles. The highest BCUT2D eigenvalue weighted by molar-refractivity contribution is 5.79. The van der Waals surface area contributed by atoms with Crippen LogP contribution in [0.2, 0.25) is 0 Å². The van der Waals surface area contributed by atoms with Crippen molar-refractivity contribution >= 4 is 5.78 Å². The number of carbonyl (C=O) groups excluding carboxylic acids is 1. The molecular formula is C8H12O2. The summed E-state index contributed by atoms with van der Waals surface area (Å²) in [4.78, 5) is 10.8. The molecule has 0 aromatic carbocycles. The molecule has 2 nitrogen and oxygen atoms in total. The molecule has 10 heavy (non-hydrogen) atoms. The van der Waals surface area contributed by atoms with Crippen LogP contribution in [0.4, 0.5) is 0 Å². The van der Waals surface area contributed by atoms with Gasteiger partial charge >= 0.3 is 0 Å². The van der Waals surface area contributed by atoms with Gasteiger partial charge in [-0.15, -0.1) is 0 Å². The van der Waals surface area contributed by atoms with E-state index < -0.39 is 6.10 Å². The van der Waals surface area contributed by atoms with Crippen molar-refractivity contribution in [1.29, 1.82) is 0 Å². The zero-order valence-electron chi connectivity index (χ0n) is 6.08. The van der Waals surface area contributed by atoms with E-state index in [1.807, 2.05) is 6.08 Å². The molecule has 0 amide bonds. The summed E-state index contributed by atoms with van der Waals surface area (Å²) in [6.07, 6.45) is 4.81. The second-order valence-electron chi connectivity index (χ2n) is 2.71. The fourth-order valence-electron chi connectivity index (χ4n) is 1.26. The summed E-state index contributed by atoms with van der Waals surface area (Å²) in [5, 5.41) is 9.23. The molecule has 0 heterocycles. The number of aliphatic hydroxyl groups excluding tert-OH is 1. The van der Waals surface area contributed by atoms with Gasteiger partial charge in [0.05, 0.1) is 6.10 Å². The Morgan fingerprint density at radius 3 is 2.80 bits per heavy atom. The molecule has 1 aliphatic rings. The first kappa shape index (κ1) is 7.48. The average Bonchev–Trinajstić information content (AvgIpc) is 1.88. The van der Waals surface area contributed by atoms with E-state index in [-0.39, 0.29) is 11.7 Å². The van der Waals surface area contributed by atoms with Crippen molar-refractivity contribution in [3.05, 3.63) is 12.2 Å². The molecule has 0 aromatic heterocycles. The van der Waals surface area contributed by atoms with Gasteiger partial charge in [0.25, 0.3) is 0 Å². The first-order valence-corrected chi connectivity index (χ1v) is 3.57. The lowest BCUT2D eigenvalue weighted by Crippen LogP contribution is -2.26. The second-order valence-corrected chi connectivity index (χ2v) is 2.71. The van der Waals surface area contributed by atoms with Crippen molar-refractivity contribution < 1.29 is 9.90 Å². The summed E-state index contributed by atoms with van der Waals surface area (Å²) in [5.41, 5.74) is 0. The number of allylic oxidation sites excluding steroid dienone is 1. The third-order valence-corrected chi connectivity index (χ3v) is 1.91. The number of hydrogen-bond acceptors (Lipinski definition) is 2.